The second kappa shape index (κ2) is 13.3. The van der Waals surface area contributed by atoms with Gasteiger partial charge in [0, 0.05) is 24.5 Å². The summed E-state index contributed by atoms with van der Waals surface area (Å²) in [6.45, 7) is 4.44. The number of nitrogens with one attached hydrogen (secondary N) is 1. The van der Waals surface area contributed by atoms with Crippen molar-refractivity contribution >= 4 is 39.3 Å². The number of amides is 2. The molecule has 0 saturated carbocycles. The van der Waals surface area contributed by atoms with Crippen molar-refractivity contribution < 1.29 is 14.3 Å². The summed E-state index contributed by atoms with van der Waals surface area (Å²) in [5.41, 5.74) is 2.96. The standard InChI is InChI=1S/C28H30BrClN2O3/c1-3-20-13-14-26(24(29)16-20)35-19-27(33)32(18-22-11-8-12-23(30)15-22)25(28(34)31-4-2)17-21-9-6-5-7-10-21/h5-16,25H,3-4,17-19H2,1-2H3,(H,31,34)/t25-/m0/s1. The molecule has 7 heteroatoms. The predicted molar refractivity (Wildman–Crippen MR) is 144 cm³/mol. The highest BCUT2D eigenvalue weighted by Crippen LogP contribution is 2.26. The van der Waals surface area contributed by atoms with Gasteiger partial charge >= 0.3 is 0 Å². The van der Waals surface area contributed by atoms with Crippen LogP contribution in [0.2, 0.25) is 5.02 Å². The summed E-state index contributed by atoms with van der Waals surface area (Å²) in [6, 6.07) is 22.1. The van der Waals surface area contributed by atoms with Gasteiger partial charge in [-0.2, -0.15) is 0 Å². The minimum absolute atomic E-state index is 0.199. The van der Waals surface area contributed by atoms with Gasteiger partial charge in [-0.05, 0) is 70.2 Å². The van der Waals surface area contributed by atoms with Crippen molar-refractivity contribution in [1.82, 2.24) is 10.2 Å². The molecule has 1 N–H and O–H groups in total. The lowest BCUT2D eigenvalue weighted by atomic mass is 10.0. The van der Waals surface area contributed by atoms with Gasteiger partial charge in [-0.3, -0.25) is 9.59 Å². The quantitative estimate of drug-likeness (QED) is 0.323. The van der Waals surface area contributed by atoms with Crippen LogP contribution in [0, 0.1) is 0 Å². The molecule has 0 bridgehead atoms. The molecule has 35 heavy (non-hydrogen) atoms. The van der Waals surface area contributed by atoms with Crippen LogP contribution in [0.1, 0.15) is 30.5 Å². The summed E-state index contributed by atoms with van der Waals surface area (Å²) in [6.07, 6.45) is 1.28. The van der Waals surface area contributed by atoms with Gasteiger partial charge < -0.3 is 15.0 Å². The zero-order valence-corrected chi connectivity index (χ0v) is 22.3. The number of hydrogen-bond donors (Lipinski definition) is 1. The molecule has 0 spiro atoms. The van der Waals surface area contributed by atoms with Crippen molar-refractivity contribution in [2.75, 3.05) is 13.2 Å². The molecule has 0 aliphatic heterocycles. The lowest BCUT2D eigenvalue weighted by Crippen LogP contribution is -2.51. The van der Waals surface area contributed by atoms with E-state index < -0.39 is 6.04 Å². The highest BCUT2D eigenvalue weighted by atomic mass is 79.9. The summed E-state index contributed by atoms with van der Waals surface area (Å²) in [5.74, 6) is 0.0831. The second-order valence-electron chi connectivity index (χ2n) is 8.16. The van der Waals surface area contributed by atoms with Crippen LogP contribution in [-0.4, -0.2) is 35.9 Å². The average Bonchev–Trinajstić information content (AvgIpc) is 2.86. The Morgan fingerprint density at radius 2 is 1.71 bits per heavy atom. The molecule has 0 aliphatic rings. The molecule has 184 valence electrons. The molecule has 3 aromatic carbocycles. The zero-order valence-electron chi connectivity index (χ0n) is 20.0. The summed E-state index contributed by atoms with van der Waals surface area (Å²) in [5, 5.41) is 3.46. The smallest absolute Gasteiger partial charge is 0.261 e. The SMILES string of the molecule is CCNC(=O)[C@H](Cc1ccccc1)N(Cc1cccc(Cl)c1)C(=O)COc1ccc(CC)cc1Br. The summed E-state index contributed by atoms with van der Waals surface area (Å²) >= 11 is 9.73. The summed E-state index contributed by atoms with van der Waals surface area (Å²) in [7, 11) is 0. The van der Waals surface area contributed by atoms with E-state index in [4.69, 9.17) is 16.3 Å². The number of halogens is 2. The zero-order chi connectivity index (χ0) is 25.2. The fourth-order valence-electron chi connectivity index (χ4n) is 3.78. The fourth-order valence-corrected chi connectivity index (χ4v) is 4.54. The first kappa shape index (κ1) is 26.8. The Kier molecular flexibility index (Phi) is 10.2. The van der Waals surface area contributed by atoms with Crippen LogP contribution in [-0.2, 0) is 29.0 Å². The molecule has 2 amide bonds. The van der Waals surface area contributed by atoms with Gasteiger partial charge in [0.1, 0.15) is 11.8 Å². The first-order chi connectivity index (χ1) is 16.9. The third kappa shape index (κ3) is 7.84. The van der Waals surface area contributed by atoms with E-state index in [-0.39, 0.29) is 25.0 Å². The van der Waals surface area contributed by atoms with Crippen molar-refractivity contribution in [3.05, 3.63) is 99.0 Å². The van der Waals surface area contributed by atoms with Crippen molar-refractivity contribution in [3.8, 4) is 5.75 Å². The maximum absolute atomic E-state index is 13.6. The molecule has 0 unspecified atom stereocenters. The van der Waals surface area contributed by atoms with E-state index in [9.17, 15) is 9.59 Å². The Hall–Kier alpha value is -2.83. The van der Waals surface area contributed by atoms with Crippen molar-refractivity contribution in [3.63, 3.8) is 0 Å². The van der Waals surface area contributed by atoms with E-state index in [1.165, 1.54) is 0 Å². The Morgan fingerprint density at radius 3 is 2.37 bits per heavy atom. The molecular weight excluding hydrogens is 528 g/mol. The number of carbonyl (C=O) groups excluding carboxylic acids is 2. The lowest BCUT2D eigenvalue weighted by Gasteiger charge is -2.31. The van der Waals surface area contributed by atoms with E-state index in [1.807, 2.05) is 67.6 Å². The van der Waals surface area contributed by atoms with Gasteiger partial charge in [0.15, 0.2) is 6.61 Å². The molecular formula is C28H30BrClN2O3. The Labute approximate surface area is 220 Å². The number of likely N-dealkylation sites (N-methyl/N-ethyl adjacent to an activating group) is 1. The van der Waals surface area contributed by atoms with Crippen LogP contribution in [0.3, 0.4) is 0 Å². The van der Waals surface area contributed by atoms with E-state index in [0.29, 0.717) is 23.7 Å². The van der Waals surface area contributed by atoms with Gasteiger partial charge in [-0.1, -0.05) is 67.1 Å². The van der Waals surface area contributed by atoms with Gasteiger partial charge in [-0.25, -0.2) is 0 Å². The van der Waals surface area contributed by atoms with Crippen LogP contribution in [0.4, 0.5) is 0 Å². The number of carbonyl (C=O) groups is 2. The van der Waals surface area contributed by atoms with Gasteiger partial charge in [0.05, 0.1) is 4.47 Å². The van der Waals surface area contributed by atoms with E-state index >= 15 is 0 Å². The highest BCUT2D eigenvalue weighted by Gasteiger charge is 2.30. The third-order valence-corrected chi connectivity index (χ3v) is 6.47. The van der Waals surface area contributed by atoms with Gasteiger partial charge in [-0.15, -0.1) is 0 Å². The van der Waals surface area contributed by atoms with Crippen LogP contribution >= 0.6 is 27.5 Å². The number of rotatable bonds is 11. The van der Waals surface area contributed by atoms with Crippen LogP contribution in [0.25, 0.3) is 0 Å². The molecule has 3 aromatic rings. The van der Waals surface area contributed by atoms with Gasteiger partial charge in [0.2, 0.25) is 5.91 Å². The molecule has 0 aromatic heterocycles. The number of nitrogens with zero attached hydrogens (tertiary/aromatic N) is 1. The average molecular weight is 558 g/mol. The largest absolute Gasteiger partial charge is 0.483 e. The Bertz CT molecular complexity index is 1140. The lowest BCUT2D eigenvalue weighted by molar-refractivity contribution is -0.142. The van der Waals surface area contributed by atoms with E-state index in [2.05, 4.69) is 28.2 Å². The number of hydrogen-bond acceptors (Lipinski definition) is 3. The van der Waals surface area contributed by atoms with Crippen LogP contribution in [0.5, 0.6) is 5.75 Å². The number of benzene rings is 3. The molecule has 0 saturated heterocycles. The molecule has 1 atom stereocenters. The van der Waals surface area contributed by atoms with Crippen molar-refractivity contribution in [2.24, 2.45) is 0 Å². The fraction of sp³-hybridized carbons (Fsp3) is 0.286. The van der Waals surface area contributed by atoms with E-state index in [1.54, 1.807) is 17.0 Å². The molecule has 0 aliphatic carbocycles. The van der Waals surface area contributed by atoms with Crippen LogP contribution < -0.4 is 10.1 Å². The second-order valence-corrected chi connectivity index (χ2v) is 9.45. The topological polar surface area (TPSA) is 58.6 Å². The number of ether oxygens (including phenoxy) is 1. The normalized spacial score (nSPS) is 11.5. The van der Waals surface area contributed by atoms with E-state index in [0.717, 1.165) is 27.6 Å². The minimum atomic E-state index is -0.710. The molecule has 0 radical (unpaired) electrons. The molecule has 5 nitrogen and oxygen atoms in total. The molecule has 0 heterocycles. The Morgan fingerprint density at radius 1 is 0.971 bits per heavy atom. The highest BCUT2D eigenvalue weighted by molar-refractivity contribution is 9.10. The maximum Gasteiger partial charge on any atom is 0.261 e. The molecule has 0 fully saturated rings. The monoisotopic (exact) mass is 556 g/mol. The summed E-state index contributed by atoms with van der Waals surface area (Å²) < 4.78 is 6.67. The van der Waals surface area contributed by atoms with Crippen molar-refractivity contribution in [2.45, 2.75) is 39.3 Å². The molecule has 3 rings (SSSR count). The predicted octanol–water partition coefficient (Wildman–Crippen LogP) is 5.82. The first-order valence-electron chi connectivity index (χ1n) is 11.7. The van der Waals surface area contributed by atoms with Crippen LogP contribution in [0.15, 0.2) is 77.3 Å². The third-order valence-electron chi connectivity index (χ3n) is 5.62. The number of aryl methyl sites for hydroxylation is 1. The first-order valence-corrected chi connectivity index (χ1v) is 12.8. The maximum atomic E-state index is 13.6. The van der Waals surface area contributed by atoms with Crippen molar-refractivity contribution in [1.29, 1.82) is 0 Å². The minimum Gasteiger partial charge on any atom is -0.483 e. The van der Waals surface area contributed by atoms with Gasteiger partial charge in [0.25, 0.3) is 5.91 Å². The summed E-state index contributed by atoms with van der Waals surface area (Å²) in [4.78, 5) is 28.3. The Balaban J connectivity index is 1.89.